The third kappa shape index (κ3) is 12.5. The molecule has 12 heteroatoms. The van der Waals surface area contributed by atoms with Crippen molar-refractivity contribution in [2.24, 2.45) is 16.9 Å². The number of benzene rings is 2. The van der Waals surface area contributed by atoms with E-state index in [1.54, 1.807) is 11.3 Å². The molecule has 5 atom stereocenters. The van der Waals surface area contributed by atoms with Crippen molar-refractivity contribution >= 4 is 35.0 Å². The summed E-state index contributed by atoms with van der Waals surface area (Å²) in [5, 5.41) is 16.6. The first-order valence-corrected chi connectivity index (χ1v) is 19.7. The maximum atomic E-state index is 14.0. The largest absolute Gasteiger partial charge is 0.391 e. The van der Waals surface area contributed by atoms with E-state index in [9.17, 15) is 24.3 Å². The van der Waals surface area contributed by atoms with Gasteiger partial charge in [-0.3, -0.25) is 19.2 Å². The third-order valence-corrected chi connectivity index (χ3v) is 11.0. The predicted molar refractivity (Wildman–Crippen MR) is 210 cm³/mol. The number of aryl methyl sites for hydroxylation is 3. The summed E-state index contributed by atoms with van der Waals surface area (Å²) in [6.07, 6.45) is 5.55. The smallest absolute Gasteiger partial charge is 0.246 e. The number of aromatic nitrogens is 1. The lowest BCUT2D eigenvalue weighted by Crippen LogP contribution is -2.57. The zero-order valence-electron chi connectivity index (χ0n) is 31.9. The van der Waals surface area contributed by atoms with Crippen LogP contribution in [0.3, 0.4) is 0 Å². The van der Waals surface area contributed by atoms with Gasteiger partial charge in [0, 0.05) is 31.8 Å². The summed E-state index contributed by atoms with van der Waals surface area (Å²) in [7, 11) is 0. The minimum Gasteiger partial charge on any atom is -0.391 e. The second-order valence-electron chi connectivity index (χ2n) is 15.6. The van der Waals surface area contributed by atoms with Crippen molar-refractivity contribution in [3.8, 4) is 10.4 Å². The van der Waals surface area contributed by atoms with Gasteiger partial charge in [0.1, 0.15) is 12.1 Å². The fourth-order valence-electron chi connectivity index (χ4n) is 6.78. The van der Waals surface area contributed by atoms with Crippen LogP contribution in [0.5, 0.6) is 0 Å². The number of carbonyl (C=O) groups excluding carboxylic acids is 4. The quantitative estimate of drug-likeness (QED) is 0.112. The van der Waals surface area contributed by atoms with E-state index in [0.717, 1.165) is 53.8 Å². The second-order valence-corrected chi connectivity index (χ2v) is 16.4. The number of unbranched alkanes of at least 4 members (excludes halogenated alkanes) is 1. The number of aliphatic hydroxyl groups excluding tert-OH is 1. The van der Waals surface area contributed by atoms with Crippen LogP contribution >= 0.6 is 11.3 Å². The van der Waals surface area contributed by atoms with E-state index in [2.05, 4.69) is 39.9 Å². The molecule has 0 bridgehead atoms. The second kappa shape index (κ2) is 19.3. The summed E-state index contributed by atoms with van der Waals surface area (Å²) in [6.45, 7) is 9.56. The minimum absolute atomic E-state index is 0.0175. The van der Waals surface area contributed by atoms with Crippen LogP contribution in [0, 0.1) is 12.3 Å². The molecule has 0 aliphatic carbocycles. The lowest BCUT2D eigenvalue weighted by Gasteiger charge is -2.35. The number of nitrogens with zero attached hydrogens (tertiary/aromatic N) is 2. The van der Waals surface area contributed by atoms with Gasteiger partial charge in [-0.05, 0) is 86.5 Å². The van der Waals surface area contributed by atoms with Crippen molar-refractivity contribution in [2.75, 3.05) is 6.54 Å². The van der Waals surface area contributed by atoms with Gasteiger partial charge >= 0.3 is 0 Å². The van der Waals surface area contributed by atoms with E-state index in [1.165, 1.54) is 16.0 Å². The molecular weight excluding hydrogens is 689 g/mol. The molecule has 288 valence electrons. The molecule has 3 aromatic rings. The summed E-state index contributed by atoms with van der Waals surface area (Å²) in [5.74, 6) is -1.23. The van der Waals surface area contributed by atoms with Gasteiger partial charge in [-0.1, -0.05) is 69.3 Å². The van der Waals surface area contributed by atoms with Gasteiger partial charge < -0.3 is 32.1 Å². The van der Waals surface area contributed by atoms with Gasteiger partial charge in [-0.15, -0.1) is 11.3 Å². The average Bonchev–Trinajstić information content (AvgIpc) is 3.73. The number of hydrogen-bond acceptors (Lipinski definition) is 8. The molecule has 7 N–H and O–H groups in total. The van der Waals surface area contributed by atoms with Gasteiger partial charge in [0.05, 0.1) is 28.2 Å². The maximum Gasteiger partial charge on any atom is 0.246 e. The Morgan fingerprint density at radius 3 is 2.17 bits per heavy atom. The highest BCUT2D eigenvalue weighted by molar-refractivity contribution is 7.13. The molecular formula is C41H58N6O5S. The van der Waals surface area contributed by atoms with Crippen LogP contribution in [0.2, 0.25) is 0 Å². The van der Waals surface area contributed by atoms with Crippen molar-refractivity contribution in [1.29, 1.82) is 0 Å². The first kappa shape index (κ1) is 41.6. The van der Waals surface area contributed by atoms with Crippen LogP contribution in [-0.2, 0) is 32.0 Å². The van der Waals surface area contributed by atoms with Crippen molar-refractivity contribution < 1.29 is 24.3 Å². The number of nitrogens with two attached hydrogens (primary N) is 2. The summed E-state index contributed by atoms with van der Waals surface area (Å²) in [6, 6.07) is 14.4. The Kier molecular flexibility index (Phi) is 15.1. The zero-order valence-corrected chi connectivity index (χ0v) is 32.7. The lowest BCUT2D eigenvalue weighted by atomic mass is 9.85. The molecule has 4 amide bonds. The van der Waals surface area contributed by atoms with Gasteiger partial charge in [0.25, 0.3) is 0 Å². The molecule has 1 aromatic heterocycles. The molecule has 0 spiro atoms. The Morgan fingerprint density at radius 2 is 1.58 bits per heavy atom. The standard InChI is InChI=1S/C41H58N6O5S/c1-26(30-17-19-31(20-18-30)37-27(2)44-25-53-37)45-39(51)34-23-33(48)24-47(34)40(52)38(41(3,4)5)46-36(50)12-7-6-9-28-13-15-29(16-14-28)10-8-11-32(42)21-22-35(43)49/h13-20,25-26,32-34,38,48H,6-12,21-24,42H2,1-5H3,(H2,43,49)(H,45,51)(H,46,50)/t26-,32+,33+,34-,38+/m0/s1. The number of thiazole rings is 1. The first-order chi connectivity index (χ1) is 25.1. The van der Waals surface area contributed by atoms with Gasteiger partial charge in [-0.25, -0.2) is 4.98 Å². The lowest BCUT2D eigenvalue weighted by molar-refractivity contribution is -0.144. The molecule has 11 nitrogen and oxygen atoms in total. The normalized spacial score (nSPS) is 17.6. The SMILES string of the molecule is Cc1ncsc1-c1ccc([C@H](C)NC(=O)[C@@H]2C[C@@H](O)CN2C(=O)[C@@H](NC(=O)CCCCc2ccc(CCC[C@@H](N)CCC(N)=O)cc2)C(C)(C)C)cc1. The van der Waals surface area contributed by atoms with E-state index in [1.807, 2.05) is 64.4 Å². The third-order valence-electron chi connectivity index (χ3n) is 10.0. The number of nitrogens with one attached hydrogen (secondary N) is 2. The molecule has 2 heterocycles. The summed E-state index contributed by atoms with van der Waals surface area (Å²) >= 11 is 1.58. The van der Waals surface area contributed by atoms with Crippen LogP contribution < -0.4 is 22.1 Å². The van der Waals surface area contributed by atoms with E-state index in [0.29, 0.717) is 19.3 Å². The number of primary amides is 1. The molecule has 0 unspecified atom stereocenters. The number of likely N-dealkylation sites (tertiary alicyclic amines) is 1. The Bertz CT molecular complexity index is 1670. The number of β-amino-alcohol motifs (C(OH)–C–C–N with tert-alkyl or cyclic N) is 1. The van der Waals surface area contributed by atoms with Crippen LogP contribution in [0.15, 0.2) is 54.0 Å². The van der Waals surface area contributed by atoms with Gasteiger partial charge in [0.15, 0.2) is 0 Å². The number of carbonyl (C=O) groups is 4. The highest BCUT2D eigenvalue weighted by Crippen LogP contribution is 2.30. The number of aliphatic hydroxyl groups is 1. The van der Waals surface area contributed by atoms with Crippen LogP contribution in [0.25, 0.3) is 10.4 Å². The van der Waals surface area contributed by atoms with Crippen molar-refractivity contribution in [2.45, 2.75) is 129 Å². The Hall–Kier alpha value is -4.13. The Morgan fingerprint density at radius 1 is 0.943 bits per heavy atom. The number of amides is 4. The summed E-state index contributed by atoms with van der Waals surface area (Å²) in [5.41, 5.74) is 17.9. The zero-order chi connectivity index (χ0) is 38.7. The van der Waals surface area contributed by atoms with Gasteiger partial charge in [0.2, 0.25) is 23.6 Å². The highest BCUT2D eigenvalue weighted by Gasteiger charge is 2.44. The molecule has 1 aliphatic rings. The minimum atomic E-state index is -0.860. The fourth-order valence-corrected chi connectivity index (χ4v) is 7.59. The van der Waals surface area contributed by atoms with E-state index in [4.69, 9.17) is 11.5 Å². The molecule has 4 rings (SSSR count). The average molecular weight is 747 g/mol. The van der Waals surface area contributed by atoms with Crippen molar-refractivity contribution in [3.05, 3.63) is 76.4 Å². The molecule has 0 radical (unpaired) electrons. The highest BCUT2D eigenvalue weighted by atomic mass is 32.1. The molecule has 1 saturated heterocycles. The number of hydrogen-bond donors (Lipinski definition) is 5. The fraction of sp³-hybridized carbons (Fsp3) is 0.537. The Balaban J connectivity index is 1.25. The van der Waals surface area contributed by atoms with E-state index in [-0.39, 0.29) is 55.1 Å². The van der Waals surface area contributed by atoms with Crippen LogP contribution in [0.1, 0.15) is 107 Å². The molecule has 0 saturated carbocycles. The first-order valence-electron chi connectivity index (χ1n) is 18.8. The Labute approximate surface area is 318 Å². The van der Waals surface area contributed by atoms with E-state index >= 15 is 0 Å². The van der Waals surface area contributed by atoms with Crippen LogP contribution in [0.4, 0.5) is 0 Å². The monoisotopic (exact) mass is 746 g/mol. The maximum absolute atomic E-state index is 14.0. The molecule has 53 heavy (non-hydrogen) atoms. The number of rotatable bonds is 18. The molecule has 2 aromatic carbocycles. The molecule has 1 fully saturated rings. The van der Waals surface area contributed by atoms with Gasteiger partial charge in [-0.2, -0.15) is 0 Å². The summed E-state index contributed by atoms with van der Waals surface area (Å²) < 4.78 is 0. The summed E-state index contributed by atoms with van der Waals surface area (Å²) in [4.78, 5) is 58.5. The molecule has 1 aliphatic heterocycles. The van der Waals surface area contributed by atoms with Crippen molar-refractivity contribution in [3.63, 3.8) is 0 Å². The van der Waals surface area contributed by atoms with Crippen molar-refractivity contribution in [1.82, 2.24) is 20.5 Å². The topological polar surface area (TPSA) is 181 Å². The predicted octanol–water partition coefficient (Wildman–Crippen LogP) is 5.12. The van der Waals surface area contributed by atoms with Crippen LogP contribution in [-0.4, -0.2) is 69.4 Å². The van der Waals surface area contributed by atoms with E-state index < -0.39 is 23.6 Å².